The van der Waals surface area contributed by atoms with Gasteiger partial charge < -0.3 is 14.8 Å². The van der Waals surface area contributed by atoms with Crippen LogP contribution in [-0.4, -0.2) is 56.8 Å². The third-order valence-electron chi connectivity index (χ3n) is 5.70. The van der Waals surface area contributed by atoms with Crippen LogP contribution in [0.3, 0.4) is 0 Å². The Labute approximate surface area is 176 Å². The maximum Gasteiger partial charge on any atom is 0.233 e. The summed E-state index contributed by atoms with van der Waals surface area (Å²) in [5.41, 5.74) is 6.71. The van der Waals surface area contributed by atoms with Crippen molar-refractivity contribution in [1.29, 1.82) is 0 Å². The zero-order valence-electron chi connectivity index (χ0n) is 16.1. The average Bonchev–Trinajstić information content (AvgIpc) is 3.46. The molecule has 0 spiro atoms. The van der Waals surface area contributed by atoms with E-state index in [1.54, 1.807) is 17.5 Å². The first-order chi connectivity index (χ1) is 14.8. The SMILES string of the molecule is c1nc2c(-c3cn[nH]c3)ccc(-c3ccc(OC4CC5COCC(C4)N5)nn3)c2s1. The normalized spacial score (nSPS) is 23.5. The second-order valence-corrected chi connectivity index (χ2v) is 8.60. The molecule has 0 amide bonds. The van der Waals surface area contributed by atoms with Gasteiger partial charge in [-0.1, -0.05) is 12.1 Å². The first kappa shape index (κ1) is 17.9. The van der Waals surface area contributed by atoms with Gasteiger partial charge in [-0.25, -0.2) is 4.98 Å². The molecule has 2 aliphatic rings. The molecule has 2 bridgehead atoms. The molecule has 0 saturated carbocycles. The summed E-state index contributed by atoms with van der Waals surface area (Å²) in [7, 11) is 0. The Morgan fingerprint density at radius 3 is 2.67 bits per heavy atom. The van der Waals surface area contributed by atoms with Gasteiger partial charge in [0.05, 0.1) is 40.8 Å². The Hall–Kier alpha value is -2.88. The Morgan fingerprint density at radius 2 is 1.90 bits per heavy atom. The summed E-state index contributed by atoms with van der Waals surface area (Å²) in [6.45, 7) is 1.50. The molecule has 30 heavy (non-hydrogen) atoms. The number of H-pyrrole nitrogens is 1. The maximum absolute atomic E-state index is 6.13. The molecular formula is C21H20N6O2S. The minimum Gasteiger partial charge on any atom is -0.473 e. The number of hydrogen-bond acceptors (Lipinski definition) is 8. The minimum atomic E-state index is 0.146. The lowest BCUT2D eigenvalue weighted by Crippen LogP contribution is -2.56. The van der Waals surface area contributed by atoms with Crippen molar-refractivity contribution >= 4 is 21.6 Å². The number of piperidine rings is 1. The maximum atomic E-state index is 6.13. The van der Waals surface area contributed by atoms with Crippen LogP contribution in [0.1, 0.15) is 12.8 Å². The summed E-state index contributed by atoms with van der Waals surface area (Å²) in [6, 6.07) is 8.74. The predicted octanol–water partition coefficient (Wildman–Crippen LogP) is 3.04. The highest BCUT2D eigenvalue weighted by Gasteiger charge is 2.33. The molecule has 5 heterocycles. The third kappa shape index (κ3) is 3.24. The van der Waals surface area contributed by atoms with Gasteiger partial charge in [-0.15, -0.1) is 21.5 Å². The van der Waals surface area contributed by atoms with E-state index < -0.39 is 0 Å². The number of morpholine rings is 1. The molecule has 9 heteroatoms. The van der Waals surface area contributed by atoms with E-state index in [1.807, 2.05) is 23.8 Å². The summed E-state index contributed by atoms with van der Waals surface area (Å²) in [6.07, 6.45) is 5.68. The van der Waals surface area contributed by atoms with Gasteiger partial charge in [0.25, 0.3) is 0 Å². The lowest BCUT2D eigenvalue weighted by molar-refractivity contribution is -0.0134. The number of nitrogens with one attached hydrogen (secondary N) is 2. The Kier molecular flexibility index (Phi) is 4.44. The molecule has 2 fully saturated rings. The molecule has 0 radical (unpaired) electrons. The average molecular weight is 420 g/mol. The topological polar surface area (TPSA) is 97.8 Å². The molecule has 2 N–H and O–H groups in total. The van der Waals surface area contributed by atoms with E-state index in [0.29, 0.717) is 18.0 Å². The standard InChI is InChI=1S/C21H20N6O2S/c1-2-17(21-20(22-11-30-21)16(1)12-7-23-24-8-12)18-3-4-19(27-26-18)29-15-5-13-9-28-10-14(6-15)25-13/h1-4,7-8,11,13-15,25H,5-6,9-10H2,(H,23,24). The lowest BCUT2D eigenvalue weighted by atomic mass is 9.95. The summed E-state index contributed by atoms with van der Waals surface area (Å²) in [5.74, 6) is 0.570. The molecule has 2 aliphatic heterocycles. The largest absolute Gasteiger partial charge is 0.473 e. The van der Waals surface area contributed by atoms with Gasteiger partial charge in [0.1, 0.15) is 6.10 Å². The zero-order valence-corrected chi connectivity index (χ0v) is 16.9. The lowest BCUT2D eigenvalue weighted by Gasteiger charge is -2.39. The number of benzene rings is 1. The van der Waals surface area contributed by atoms with Crippen LogP contribution >= 0.6 is 11.3 Å². The van der Waals surface area contributed by atoms with Gasteiger partial charge >= 0.3 is 0 Å². The third-order valence-corrected chi connectivity index (χ3v) is 6.56. The van der Waals surface area contributed by atoms with Gasteiger partial charge in [-0.3, -0.25) is 5.10 Å². The number of hydrogen-bond donors (Lipinski definition) is 2. The van der Waals surface area contributed by atoms with Crippen molar-refractivity contribution in [2.75, 3.05) is 13.2 Å². The highest BCUT2D eigenvalue weighted by Crippen LogP contribution is 2.36. The molecule has 6 rings (SSSR count). The fraction of sp³-hybridized carbons (Fsp3) is 0.333. The summed E-state index contributed by atoms with van der Waals surface area (Å²) in [4.78, 5) is 4.57. The number of fused-ring (bicyclic) bond motifs is 3. The molecular weight excluding hydrogens is 400 g/mol. The van der Waals surface area contributed by atoms with Crippen LogP contribution in [0.5, 0.6) is 5.88 Å². The fourth-order valence-corrected chi connectivity index (χ4v) is 5.20. The predicted molar refractivity (Wildman–Crippen MR) is 113 cm³/mol. The van der Waals surface area contributed by atoms with Crippen molar-refractivity contribution in [3.05, 3.63) is 42.2 Å². The Balaban J connectivity index is 1.25. The first-order valence-corrected chi connectivity index (χ1v) is 10.9. The highest BCUT2D eigenvalue weighted by molar-refractivity contribution is 7.17. The van der Waals surface area contributed by atoms with Crippen molar-refractivity contribution in [2.45, 2.75) is 31.0 Å². The van der Waals surface area contributed by atoms with E-state index in [0.717, 1.165) is 58.7 Å². The van der Waals surface area contributed by atoms with E-state index in [-0.39, 0.29) is 6.10 Å². The summed E-state index contributed by atoms with van der Waals surface area (Å²) < 4.78 is 12.8. The number of rotatable bonds is 4. The van der Waals surface area contributed by atoms with Crippen molar-refractivity contribution in [3.8, 4) is 28.3 Å². The summed E-state index contributed by atoms with van der Waals surface area (Å²) in [5, 5.41) is 19.3. The molecule has 4 aromatic rings. The fourth-order valence-electron chi connectivity index (χ4n) is 4.36. The van der Waals surface area contributed by atoms with Crippen molar-refractivity contribution in [2.24, 2.45) is 0 Å². The molecule has 3 aromatic heterocycles. The smallest absolute Gasteiger partial charge is 0.233 e. The van der Waals surface area contributed by atoms with Crippen molar-refractivity contribution < 1.29 is 9.47 Å². The van der Waals surface area contributed by atoms with Gasteiger partial charge in [-0.05, 0) is 6.07 Å². The molecule has 8 nitrogen and oxygen atoms in total. The number of thiazole rings is 1. The number of aromatic nitrogens is 5. The number of nitrogens with zero attached hydrogens (tertiary/aromatic N) is 4. The minimum absolute atomic E-state index is 0.146. The molecule has 1 aromatic carbocycles. The Bertz CT molecular complexity index is 1150. The van der Waals surface area contributed by atoms with Crippen LogP contribution in [-0.2, 0) is 4.74 Å². The van der Waals surface area contributed by atoms with Crippen LogP contribution in [0.25, 0.3) is 32.6 Å². The van der Waals surface area contributed by atoms with Crippen LogP contribution in [0, 0.1) is 0 Å². The molecule has 2 saturated heterocycles. The molecule has 2 atom stereocenters. The van der Waals surface area contributed by atoms with Crippen LogP contribution in [0.15, 0.2) is 42.2 Å². The van der Waals surface area contributed by atoms with Crippen molar-refractivity contribution in [3.63, 3.8) is 0 Å². The van der Waals surface area contributed by atoms with Crippen LogP contribution in [0.4, 0.5) is 0 Å². The zero-order chi connectivity index (χ0) is 19.9. The van der Waals surface area contributed by atoms with Gasteiger partial charge in [-0.2, -0.15) is 5.10 Å². The molecule has 152 valence electrons. The summed E-state index contributed by atoms with van der Waals surface area (Å²) >= 11 is 1.60. The molecule has 0 aliphatic carbocycles. The number of aromatic amines is 1. The second-order valence-electron chi connectivity index (χ2n) is 7.74. The van der Waals surface area contributed by atoms with E-state index >= 15 is 0 Å². The van der Waals surface area contributed by atoms with Gasteiger partial charge in [0.2, 0.25) is 5.88 Å². The van der Waals surface area contributed by atoms with E-state index in [4.69, 9.17) is 9.47 Å². The van der Waals surface area contributed by atoms with E-state index in [2.05, 4.69) is 42.8 Å². The van der Waals surface area contributed by atoms with E-state index in [9.17, 15) is 0 Å². The quantitative estimate of drug-likeness (QED) is 0.524. The highest BCUT2D eigenvalue weighted by atomic mass is 32.1. The first-order valence-electron chi connectivity index (χ1n) is 10.0. The Morgan fingerprint density at radius 1 is 1.03 bits per heavy atom. The van der Waals surface area contributed by atoms with Gasteiger partial charge in [0.15, 0.2) is 0 Å². The molecule has 2 unspecified atom stereocenters. The number of ether oxygens (including phenoxy) is 2. The van der Waals surface area contributed by atoms with Gasteiger partial charge in [0, 0.05) is 53.9 Å². The van der Waals surface area contributed by atoms with Crippen LogP contribution < -0.4 is 10.1 Å². The van der Waals surface area contributed by atoms with Crippen molar-refractivity contribution in [1.82, 2.24) is 30.7 Å². The monoisotopic (exact) mass is 420 g/mol. The van der Waals surface area contributed by atoms with Crippen LogP contribution in [0.2, 0.25) is 0 Å². The van der Waals surface area contributed by atoms with E-state index in [1.165, 1.54) is 0 Å². The second kappa shape index (κ2) is 7.42.